The number of hydrogen-bond donors (Lipinski definition) is 1. The molecule has 0 spiro atoms. The summed E-state index contributed by atoms with van der Waals surface area (Å²) in [6, 6.07) is 7.35. The summed E-state index contributed by atoms with van der Waals surface area (Å²) >= 11 is 0. The van der Waals surface area contributed by atoms with Crippen molar-refractivity contribution >= 4 is 15.8 Å². The van der Waals surface area contributed by atoms with Crippen LogP contribution in [0, 0.1) is 5.92 Å². The highest BCUT2D eigenvalue weighted by atomic mass is 32.2. The second-order valence-corrected chi connectivity index (χ2v) is 8.35. The van der Waals surface area contributed by atoms with E-state index in [-0.39, 0.29) is 18.3 Å². The number of nitrogens with zero attached hydrogens (tertiary/aromatic N) is 1. The smallest absolute Gasteiger partial charge is 0.341 e. The third kappa shape index (κ3) is 6.58. The summed E-state index contributed by atoms with van der Waals surface area (Å²) in [6.07, 6.45) is 3.27. The number of carboxylic acids is 1. The maximum Gasteiger partial charge on any atom is 0.341 e. The minimum Gasteiger partial charge on any atom is -0.482 e. The fraction of sp³-hybridized carbons (Fsp3) is 0.562. The number of sulfone groups is 1. The fourth-order valence-corrected chi connectivity index (χ4v) is 4.08. The predicted molar refractivity (Wildman–Crippen MR) is 87.3 cm³/mol. The van der Waals surface area contributed by atoms with Gasteiger partial charge in [0.15, 0.2) is 6.61 Å². The van der Waals surface area contributed by atoms with E-state index < -0.39 is 15.8 Å². The Labute approximate surface area is 137 Å². The van der Waals surface area contributed by atoms with Gasteiger partial charge in [-0.2, -0.15) is 0 Å². The van der Waals surface area contributed by atoms with Crippen LogP contribution in [-0.2, 0) is 21.2 Å². The first-order valence-electron chi connectivity index (χ1n) is 7.65. The van der Waals surface area contributed by atoms with Crippen molar-refractivity contribution in [2.24, 2.45) is 5.92 Å². The largest absolute Gasteiger partial charge is 0.482 e. The lowest BCUT2D eigenvalue weighted by atomic mass is 9.99. The second-order valence-electron chi connectivity index (χ2n) is 6.16. The highest BCUT2D eigenvalue weighted by Crippen LogP contribution is 2.21. The Bertz CT molecular complexity index is 626. The number of carbonyl (C=O) groups is 1. The van der Waals surface area contributed by atoms with Gasteiger partial charge >= 0.3 is 5.97 Å². The Kier molecular flexibility index (Phi) is 6.01. The van der Waals surface area contributed by atoms with Gasteiger partial charge in [0.1, 0.15) is 15.6 Å². The van der Waals surface area contributed by atoms with E-state index in [9.17, 15) is 13.2 Å². The number of ether oxygens (including phenoxy) is 1. The monoisotopic (exact) mass is 341 g/mol. The molecule has 1 heterocycles. The molecule has 0 radical (unpaired) electrons. The molecule has 0 saturated carbocycles. The highest BCUT2D eigenvalue weighted by Gasteiger charge is 2.23. The zero-order valence-electron chi connectivity index (χ0n) is 13.3. The topological polar surface area (TPSA) is 83.9 Å². The van der Waals surface area contributed by atoms with Crippen LogP contribution in [0.15, 0.2) is 24.3 Å². The summed E-state index contributed by atoms with van der Waals surface area (Å²) in [7, 11) is -2.93. The van der Waals surface area contributed by atoms with E-state index in [2.05, 4.69) is 4.90 Å². The van der Waals surface area contributed by atoms with E-state index in [1.807, 2.05) is 12.1 Å². The molecule has 0 amide bonds. The molecule has 23 heavy (non-hydrogen) atoms. The molecule has 1 aromatic rings. The Morgan fingerprint density at radius 2 is 2.04 bits per heavy atom. The molecule has 128 valence electrons. The molecule has 6 nitrogen and oxygen atoms in total. The summed E-state index contributed by atoms with van der Waals surface area (Å²) in [5.41, 5.74) is 1.10. The van der Waals surface area contributed by atoms with Crippen molar-refractivity contribution in [3.63, 3.8) is 0 Å². The molecule has 1 aliphatic heterocycles. The molecule has 1 saturated heterocycles. The standard InChI is InChI=1S/C16H23NO5S/c1-23(20,21)12-14-3-2-8-17(10-14)9-13-4-6-15(7-5-13)22-11-16(18)19/h4-7,14H,2-3,8-12H2,1H3,(H,18,19). The van der Waals surface area contributed by atoms with Crippen LogP contribution in [0.25, 0.3) is 0 Å². The third-order valence-corrected chi connectivity index (χ3v) is 4.91. The molecular formula is C16H23NO5S. The number of carboxylic acid groups (broad SMARTS) is 1. The average molecular weight is 341 g/mol. The molecule has 1 unspecified atom stereocenters. The first kappa shape index (κ1) is 17.7. The third-order valence-electron chi connectivity index (χ3n) is 3.83. The molecule has 7 heteroatoms. The Balaban J connectivity index is 1.87. The zero-order chi connectivity index (χ0) is 16.9. The van der Waals surface area contributed by atoms with Crippen molar-refractivity contribution < 1.29 is 23.1 Å². The van der Waals surface area contributed by atoms with Gasteiger partial charge in [-0.05, 0) is 43.0 Å². The molecule has 0 aromatic heterocycles. The lowest BCUT2D eigenvalue weighted by Gasteiger charge is -2.32. The van der Waals surface area contributed by atoms with Gasteiger partial charge in [-0.15, -0.1) is 0 Å². The van der Waals surface area contributed by atoms with Gasteiger partial charge in [0.2, 0.25) is 0 Å². The normalized spacial score (nSPS) is 19.4. The molecule has 1 fully saturated rings. The van der Waals surface area contributed by atoms with Gasteiger partial charge < -0.3 is 9.84 Å². The highest BCUT2D eigenvalue weighted by molar-refractivity contribution is 7.90. The number of rotatable bonds is 7. The molecule has 0 aliphatic carbocycles. The molecule has 1 N–H and O–H groups in total. The van der Waals surface area contributed by atoms with Crippen molar-refractivity contribution in [2.75, 3.05) is 31.7 Å². The molecule has 0 bridgehead atoms. The average Bonchev–Trinajstić information content (AvgIpc) is 2.45. The van der Waals surface area contributed by atoms with E-state index in [0.717, 1.165) is 38.0 Å². The first-order valence-corrected chi connectivity index (χ1v) is 9.71. The lowest BCUT2D eigenvalue weighted by Crippen LogP contribution is -2.37. The number of hydrogen-bond acceptors (Lipinski definition) is 5. The maximum absolute atomic E-state index is 11.4. The van der Waals surface area contributed by atoms with Crippen molar-refractivity contribution in [1.82, 2.24) is 4.90 Å². The van der Waals surface area contributed by atoms with Gasteiger partial charge in [-0.3, -0.25) is 4.90 Å². The molecule has 1 atom stereocenters. The summed E-state index contributed by atoms with van der Waals surface area (Å²) in [4.78, 5) is 12.7. The van der Waals surface area contributed by atoms with Crippen molar-refractivity contribution in [3.8, 4) is 5.75 Å². The van der Waals surface area contributed by atoms with E-state index in [1.165, 1.54) is 6.26 Å². The van der Waals surface area contributed by atoms with Crippen LogP contribution in [0.4, 0.5) is 0 Å². The van der Waals surface area contributed by atoms with E-state index in [0.29, 0.717) is 5.75 Å². The van der Waals surface area contributed by atoms with Gasteiger partial charge in [0.05, 0.1) is 5.75 Å². The number of piperidine rings is 1. The van der Waals surface area contributed by atoms with Crippen molar-refractivity contribution in [2.45, 2.75) is 19.4 Å². The Morgan fingerprint density at radius 1 is 1.35 bits per heavy atom. The Morgan fingerprint density at radius 3 is 2.65 bits per heavy atom. The zero-order valence-corrected chi connectivity index (χ0v) is 14.1. The van der Waals surface area contributed by atoms with Crippen LogP contribution in [0.5, 0.6) is 5.75 Å². The summed E-state index contributed by atoms with van der Waals surface area (Å²) in [5.74, 6) is -0.00756. The van der Waals surface area contributed by atoms with Crippen LogP contribution in [0.1, 0.15) is 18.4 Å². The van der Waals surface area contributed by atoms with E-state index in [4.69, 9.17) is 9.84 Å². The predicted octanol–water partition coefficient (Wildman–Crippen LogP) is 1.41. The summed E-state index contributed by atoms with van der Waals surface area (Å²) in [6.45, 7) is 2.18. The van der Waals surface area contributed by atoms with Gasteiger partial charge in [-0.1, -0.05) is 12.1 Å². The van der Waals surface area contributed by atoms with Crippen LogP contribution >= 0.6 is 0 Å². The lowest BCUT2D eigenvalue weighted by molar-refractivity contribution is -0.139. The van der Waals surface area contributed by atoms with Crippen molar-refractivity contribution in [1.29, 1.82) is 0 Å². The first-order chi connectivity index (χ1) is 10.8. The minimum atomic E-state index is -2.93. The number of likely N-dealkylation sites (tertiary alicyclic amines) is 1. The van der Waals surface area contributed by atoms with Crippen LogP contribution in [-0.4, -0.2) is 56.1 Å². The molecule has 2 rings (SSSR count). The van der Waals surface area contributed by atoms with Crippen LogP contribution < -0.4 is 4.74 Å². The minimum absolute atomic E-state index is 0.205. The van der Waals surface area contributed by atoms with Gasteiger partial charge in [0, 0.05) is 19.3 Å². The molecular weight excluding hydrogens is 318 g/mol. The maximum atomic E-state index is 11.4. The molecule has 1 aliphatic rings. The van der Waals surface area contributed by atoms with Crippen molar-refractivity contribution in [3.05, 3.63) is 29.8 Å². The van der Waals surface area contributed by atoms with E-state index >= 15 is 0 Å². The second kappa shape index (κ2) is 7.79. The molecule has 1 aromatic carbocycles. The van der Waals surface area contributed by atoms with Gasteiger partial charge in [0.25, 0.3) is 0 Å². The Hall–Kier alpha value is -1.60. The van der Waals surface area contributed by atoms with Gasteiger partial charge in [-0.25, -0.2) is 13.2 Å². The fourth-order valence-electron chi connectivity index (χ4n) is 2.95. The number of benzene rings is 1. The number of aliphatic carboxylic acids is 1. The van der Waals surface area contributed by atoms with Crippen LogP contribution in [0.3, 0.4) is 0 Å². The van der Waals surface area contributed by atoms with E-state index in [1.54, 1.807) is 12.1 Å². The quantitative estimate of drug-likeness (QED) is 0.807. The summed E-state index contributed by atoms with van der Waals surface area (Å²) < 4.78 is 28.0. The summed E-state index contributed by atoms with van der Waals surface area (Å²) in [5, 5.41) is 8.58. The van der Waals surface area contributed by atoms with Crippen LogP contribution in [0.2, 0.25) is 0 Å². The SMILES string of the molecule is CS(=O)(=O)CC1CCCN(Cc2ccc(OCC(=O)O)cc2)C1.